The van der Waals surface area contributed by atoms with Gasteiger partial charge in [-0.25, -0.2) is 4.39 Å². The fourth-order valence-electron chi connectivity index (χ4n) is 1.39. The molecule has 0 unspecified atom stereocenters. The Balaban J connectivity index is 2.51. The molecule has 0 fully saturated rings. The number of hydrogen-bond acceptors (Lipinski definition) is 4. The lowest BCUT2D eigenvalue weighted by Gasteiger charge is -2.19. The van der Waals surface area contributed by atoms with Crippen molar-refractivity contribution in [3.8, 4) is 6.07 Å². The van der Waals surface area contributed by atoms with Crippen molar-refractivity contribution >= 4 is 17.7 Å². The number of nitriles is 1. The number of thioether (sulfide) groups is 1. The highest BCUT2D eigenvalue weighted by Gasteiger charge is 2.16. The van der Waals surface area contributed by atoms with E-state index in [9.17, 15) is 9.18 Å². The van der Waals surface area contributed by atoms with Gasteiger partial charge in [0, 0.05) is 5.75 Å². The topological polar surface area (TPSA) is 50.1 Å². The molecule has 1 rings (SSSR count). The van der Waals surface area contributed by atoms with Gasteiger partial charge in [0.2, 0.25) is 0 Å². The van der Waals surface area contributed by atoms with E-state index in [1.807, 2.05) is 0 Å². The number of rotatable bonds is 4. The Bertz CT molecular complexity index is 503. The van der Waals surface area contributed by atoms with Gasteiger partial charge in [0.25, 0.3) is 0 Å². The fraction of sp³-hybridized carbons (Fsp3) is 0.429. The van der Waals surface area contributed by atoms with Crippen molar-refractivity contribution < 1.29 is 13.9 Å². The highest BCUT2D eigenvalue weighted by atomic mass is 32.2. The smallest absolute Gasteiger partial charge is 0.316 e. The third-order valence-corrected chi connectivity index (χ3v) is 3.05. The molecule has 0 aliphatic carbocycles. The standard InChI is InChI=1S/C14H16FNO2S/c1-14(2,3)18-12(17)9-19-8-11-6-4-5-10(7-16)13(11)15/h4-6H,8-9H2,1-3H3. The highest BCUT2D eigenvalue weighted by Crippen LogP contribution is 2.19. The van der Waals surface area contributed by atoms with Gasteiger partial charge in [-0.2, -0.15) is 5.26 Å². The molecule has 102 valence electrons. The van der Waals surface area contributed by atoms with Crippen LogP contribution in [-0.4, -0.2) is 17.3 Å². The maximum Gasteiger partial charge on any atom is 0.316 e. The molecule has 1 aromatic carbocycles. The summed E-state index contributed by atoms with van der Waals surface area (Å²) in [4.78, 5) is 11.5. The van der Waals surface area contributed by atoms with Crippen molar-refractivity contribution in [3.63, 3.8) is 0 Å². The first kappa shape index (κ1) is 15.5. The van der Waals surface area contributed by atoms with Crippen LogP contribution < -0.4 is 0 Å². The molecule has 5 heteroatoms. The number of carbonyl (C=O) groups excluding carboxylic acids is 1. The van der Waals surface area contributed by atoms with E-state index in [1.165, 1.54) is 17.8 Å². The Morgan fingerprint density at radius 3 is 2.74 bits per heavy atom. The molecule has 0 bridgehead atoms. The predicted molar refractivity (Wildman–Crippen MR) is 73.1 cm³/mol. The molecule has 19 heavy (non-hydrogen) atoms. The second kappa shape index (κ2) is 6.58. The second-order valence-corrected chi connectivity index (χ2v) is 5.96. The first-order chi connectivity index (χ1) is 8.83. The van der Waals surface area contributed by atoms with Gasteiger partial charge < -0.3 is 4.74 Å². The Morgan fingerprint density at radius 2 is 2.16 bits per heavy atom. The molecular weight excluding hydrogens is 265 g/mol. The Labute approximate surface area is 116 Å². The van der Waals surface area contributed by atoms with Gasteiger partial charge in [0.05, 0.1) is 11.3 Å². The van der Waals surface area contributed by atoms with Gasteiger partial charge in [0.15, 0.2) is 0 Å². The first-order valence-electron chi connectivity index (χ1n) is 5.80. The van der Waals surface area contributed by atoms with Crippen LogP contribution in [0.5, 0.6) is 0 Å². The van der Waals surface area contributed by atoms with E-state index in [-0.39, 0.29) is 17.3 Å². The Hall–Kier alpha value is -1.54. The number of carbonyl (C=O) groups is 1. The van der Waals surface area contributed by atoms with Crippen LogP contribution >= 0.6 is 11.8 Å². The molecule has 0 radical (unpaired) electrons. The second-order valence-electron chi connectivity index (χ2n) is 4.97. The maximum atomic E-state index is 13.7. The monoisotopic (exact) mass is 281 g/mol. The van der Waals surface area contributed by atoms with Crippen molar-refractivity contribution in [2.45, 2.75) is 32.1 Å². The lowest BCUT2D eigenvalue weighted by atomic mass is 10.1. The van der Waals surface area contributed by atoms with E-state index in [4.69, 9.17) is 10.00 Å². The molecule has 0 amide bonds. The predicted octanol–water partition coefficient (Wildman–Crippen LogP) is 3.27. The summed E-state index contributed by atoms with van der Waals surface area (Å²) in [6.07, 6.45) is 0. The van der Waals surface area contributed by atoms with E-state index < -0.39 is 11.4 Å². The molecule has 0 heterocycles. The molecular formula is C14H16FNO2S. The van der Waals surface area contributed by atoms with Crippen LogP contribution in [-0.2, 0) is 15.3 Å². The highest BCUT2D eigenvalue weighted by molar-refractivity contribution is 7.99. The van der Waals surface area contributed by atoms with Crippen molar-refractivity contribution in [1.29, 1.82) is 5.26 Å². The Morgan fingerprint density at radius 1 is 1.47 bits per heavy atom. The van der Waals surface area contributed by atoms with Gasteiger partial charge in [-0.1, -0.05) is 12.1 Å². The van der Waals surface area contributed by atoms with E-state index in [2.05, 4.69) is 0 Å². The van der Waals surface area contributed by atoms with Crippen LogP contribution in [0.25, 0.3) is 0 Å². The van der Waals surface area contributed by atoms with Gasteiger partial charge in [0.1, 0.15) is 17.5 Å². The zero-order chi connectivity index (χ0) is 14.5. The number of esters is 1. The normalized spacial score (nSPS) is 10.9. The lowest BCUT2D eigenvalue weighted by Crippen LogP contribution is -2.24. The minimum Gasteiger partial charge on any atom is -0.459 e. The van der Waals surface area contributed by atoms with Crippen LogP contribution in [0.1, 0.15) is 31.9 Å². The first-order valence-corrected chi connectivity index (χ1v) is 6.96. The number of ether oxygens (including phenoxy) is 1. The minimum absolute atomic E-state index is 0.0235. The molecule has 0 spiro atoms. The van der Waals surface area contributed by atoms with Crippen LogP contribution in [0.3, 0.4) is 0 Å². The summed E-state index contributed by atoms with van der Waals surface area (Å²) in [6.45, 7) is 5.39. The van der Waals surface area contributed by atoms with Crippen LogP contribution in [0.4, 0.5) is 4.39 Å². The quantitative estimate of drug-likeness (QED) is 0.795. The minimum atomic E-state index is -0.512. The van der Waals surface area contributed by atoms with Crippen molar-refractivity contribution in [2.75, 3.05) is 5.75 Å². The van der Waals surface area contributed by atoms with Gasteiger partial charge in [-0.05, 0) is 32.4 Å². The summed E-state index contributed by atoms with van der Waals surface area (Å²) in [5.41, 5.74) is -0.0631. The average Bonchev–Trinajstić information content (AvgIpc) is 2.29. The fourth-order valence-corrected chi connectivity index (χ4v) is 2.16. The lowest BCUT2D eigenvalue weighted by molar-refractivity contribution is -0.151. The summed E-state index contributed by atoms with van der Waals surface area (Å²) in [7, 11) is 0. The number of nitrogens with zero attached hydrogens (tertiary/aromatic N) is 1. The van der Waals surface area contributed by atoms with Crippen LogP contribution in [0.2, 0.25) is 0 Å². The van der Waals surface area contributed by atoms with Crippen molar-refractivity contribution in [1.82, 2.24) is 0 Å². The van der Waals surface area contributed by atoms with Gasteiger partial charge >= 0.3 is 5.97 Å². The zero-order valence-corrected chi connectivity index (χ0v) is 12.0. The summed E-state index contributed by atoms with van der Waals surface area (Å²) in [6, 6.07) is 6.46. The maximum absolute atomic E-state index is 13.7. The van der Waals surface area contributed by atoms with Crippen molar-refractivity contribution in [2.24, 2.45) is 0 Å². The molecule has 0 aliphatic rings. The molecule has 1 aromatic rings. The van der Waals surface area contributed by atoms with Crippen LogP contribution in [0.15, 0.2) is 18.2 Å². The molecule has 0 N–H and O–H groups in total. The zero-order valence-electron chi connectivity index (χ0n) is 11.2. The van der Waals surface area contributed by atoms with Crippen LogP contribution in [0, 0.1) is 17.1 Å². The third-order valence-electron chi connectivity index (χ3n) is 2.10. The largest absolute Gasteiger partial charge is 0.459 e. The Kier molecular flexibility index (Phi) is 5.37. The third kappa shape index (κ3) is 5.31. The molecule has 0 atom stereocenters. The number of benzene rings is 1. The van der Waals surface area contributed by atoms with E-state index in [1.54, 1.807) is 39.0 Å². The average molecular weight is 281 g/mol. The van der Waals surface area contributed by atoms with Gasteiger partial charge in [-0.15, -0.1) is 11.8 Å². The molecule has 0 saturated carbocycles. The summed E-state index contributed by atoms with van der Waals surface area (Å²) >= 11 is 1.26. The molecule has 3 nitrogen and oxygen atoms in total. The number of hydrogen-bond donors (Lipinski definition) is 0. The molecule has 0 aliphatic heterocycles. The molecule has 0 aromatic heterocycles. The van der Waals surface area contributed by atoms with E-state index in [0.717, 1.165) is 0 Å². The van der Waals surface area contributed by atoms with Crippen molar-refractivity contribution in [3.05, 3.63) is 35.1 Å². The number of halogens is 1. The summed E-state index contributed by atoms with van der Waals surface area (Å²) in [5.74, 6) is -0.343. The summed E-state index contributed by atoms with van der Waals surface area (Å²) < 4.78 is 18.9. The van der Waals surface area contributed by atoms with Gasteiger partial charge in [-0.3, -0.25) is 4.79 Å². The SMILES string of the molecule is CC(C)(C)OC(=O)CSCc1cccc(C#N)c1F. The molecule has 0 saturated heterocycles. The van der Waals surface area contributed by atoms with E-state index >= 15 is 0 Å². The van der Waals surface area contributed by atoms with E-state index in [0.29, 0.717) is 11.3 Å². The summed E-state index contributed by atoms with van der Waals surface area (Å²) in [5, 5.41) is 8.71.